The number of aryl methyl sites for hydroxylation is 2. The number of nitrogens with zero attached hydrogens (tertiary/aromatic N) is 2. The highest BCUT2D eigenvalue weighted by molar-refractivity contribution is 6.11. The summed E-state index contributed by atoms with van der Waals surface area (Å²) in [6.07, 6.45) is 5.06. The first-order chi connectivity index (χ1) is 16.6. The summed E-state index contributed by atoms with van der Waals surface area (Å²) in [5, 5.41) is 7.07. The number of esters is 1. The first-order valence-corrected chi connectivity index (χ1v) is 11.9. The minimum Gasteiger partial charge on any atom is -0.464 e. The van der Waals surface area contributed by atoms with Crippen LogP contribution >= 0.6 is 0 Å². The molecule has 1 fully saturated rings. The van der Waals surface area contributed by atoms with Crippen LogP contribution in [-0.2, 0) is 27.2 Å². The zero-order chi connectivity index (χ0) is 23.9. The molecule has 0 saturated carbocycles. The van der Waals surface area contributed by atoms with Crippen molar-refractivity contribution < 1.29 is 19.1 Å². The molecule has 1 amide bonds. The maximum atomic E-state index is 13.0. The monoisotopic (exact) mass is 464 g/mol. The standard InChI is InChI=1S/C26H32N4O4/c1-3-12-27-20-15-21-22(29-25(31)19-11-14-34-17-19)23(26(32)33-2)30(24(21)28-16-20)13-7-10-18-8-5-4-6-9-18/h4-6,8-9,15-16,19,27H,3,7,10-14,17H2,1-2H3,(H,29,31). The van der Waals surface area contributed by atoms with E-state index in [1.807, 2.05) is 28.8 Å². The highest BCUT2D eigenvalue weighted by atomic mass is 16.5. The number of carbonyl (C=O) groups is 2. The van der Waals surface area contributed by atoms with Crippen molar-refractivity contribution in [3.63, 3.8) is 0 Å². The van der Waals surface area contributed by atoms with E-state index in [1.54, 1.807) is 6.20 Å². The van der Waals surface area contributed by atoms with Crippen LogP contribution in [0.4, 0.5) is 11.4 Å². The fraction of sp³-hybridized carbons (Fsp3) is 0.423. The molecule has 0 aliphatic carbocycles. The number of pyridine rings is 1. The largest absolute Gasteiger partial charge is 0.464 e. The number of hydrogen-bond acceptors (Lipinski definition) is 6. The van der Waals surface area contributed by atoms with Gasteiger partial charge in [0.2, 0.25) is 5.91 Å². The number of fused-ring (bicyclic) bond motifs is 1. The molecule has 3 heterocycles. The molecule has 0 spiro atoms. The molecule has 2 N–H and O–H groups in total. The lowest BCUT2D eigenvalue weighted by Gasteiger charge is -2.12. The molecule has 34 heavy (non-hydrogen) atoms. The Kier molecular flexibility index (Phi) is 7.80. The Morgan fingerprint density at radius 1 is 1.26 bits per heavy atom. The van der Waals surface area contributed by atoms with Gasteiger partial charge in [0.15, 0.2) is 5.69 Å². The zero-order valence-corrected chi connectivity index (χ0v) is 19.8. The molecule has 8 heteroatoms. The molecule has 1 aliphatic rings. The van der Waals surface area contributed by atoms with Crippen molar-refractivity contribution in [2.75, 3.05) is 37.5 Å². The molecule has 1 aromatic carbocycles. The Morgan fingerprint density at radius 3 is 2.79 bits per heavy atom. The minimum absolute atomic E-state index is 0.155. The predicted octanol–water partition coefficient (Wildman–Crippen LogP) is 4.25. The van der Waals surface area contributed by atoms with Gasteiger partial charge in [0.1, 0.15) is 5.65 Å². The molecular formula is C26H32N4O4. The molecule has 180 valence electrons. The van der Waals surface area contributed by atoms with Gasteiger partial charge < -0.3 is 24.7 Å². The summed E-state index contributed by atoms with van der Waals surface area (Å²) in [6, 6.07) is 12.2. The average Bonchev–Trinajstić information content (AvgIpc) is 3.50. The quantitative estimate of drug-likeness (QED) is 0.436. The predicted molar refractivity (Wildman–Crippen MR) is 132 cm³/mol. The van der Waals surface area contributed by atoms with Crippen LogP contribution in [0.15, 0.2) is 42.6 Å². The van der Waals surface area contributed by atoms with Crippen LogP contribution in [0, 0.1) is 5.92 Å². The van der Waals surface area contributed by atoms with Crippen LogP contribution in [0.1, 0.15) is 42.2 Å². The third kappa shape index (κ3) is 5.22. The number of rotatable bonds is 10. The van der Waals surface area contributed by atoms with Gasteiger partial charge in [0.05, 0.1) is 37.2 Å². The SMILES string of the molecule is CCCNc1cnc2c(c1)c(NC(=O)C1CCOC1)c(C(=O)OC)n2CCCc1ccccc1. The number of nitrogens with one attached hydrogen (secondary N) is 2. The van der Waals surface area contributed by atoms with E-state index in [0.29, 0.717) is 48.6 Å². The molecule has 4 rings (SSSR count). The molecule has 1 aliphatic heterocycles. The minimum atomic E-state index is -0.501. The molecule has 1 unspecified atom stereocenters. The number of methoxy groups -OCH3 is 1. The molecule has 2 aromatic heterocycles. The van der Waals surface area contributed by atoms with Crippen molar-refractivity contribution in [2.24, 2.45) is 5.92 Å². The van der Waals surface area contributed by atoms with E-state index in [4.69, 9.17) is 9.47 Å². The Morgan fingerprint density at radius 2 is 2.09 bits per heavy atom. The summed E-state index contributed by atoms with van der Waals surface area (Å²) >= 11 is 0. The van der Waals surface area contributed by atoms with Gasteiger partial charge in [0.25, 0.3) is 0 Å². The lowest BCUT2D eigenvalue weighted by atomic mass is 10.1. The lowest BCUT2D eigenvalue weighted by Crippen LogP contribution is -2.24. The first kappa shape index (κ1) is 23.8. The summed E-state index contributed by atoms with van der Waals surface area (Å²) in [5.74, 6) is -0.895. The average molecular weight is 465 g/mol. The molecule has 1 atom stereocenters. The van der Waals surface area contributed by atoms with E-state index in [9.17, 15) is 9.59 Å². The number of carbonyl (C=O) groups excluding carboxylic acids is 2. The van der Waals surface area contributed by atoms with Crippen LogP contribution in [-0.4, -0.2) is 48.3 Å². The van der Waals surface area contributed by atoms with Gasteiger partial charge in [-0.3, -0.25) is 4.79 Å². The Bertz CT molecular complexity index is 1140. The molecular weight excluding hydrogens is 432 g/mol. The maximum absolute atomic E-state index is 13.0. The van der Waals surface area contributed by atoms with Gasteiger partial charge in [-0.05, 0) is 37.3 Å². The van der Waals surface area contributed by atoms with Crippen molar-refractivity contribution >= 4 is 34.3 Å². The summed E-state index contributed by atoms with van der Waals surface area (Å²) in [5.41, 5.74) is 3.48. The highest BCUT2D eigenvalue weighted by Gasteiger charge is 2.29. The summed E-state index contributed by atoms with van der Waals surface area (Å²) in [4.78, 5) is 30.6. The van der Waals surface area contributed by atoms with E-state index < -0.39 is 5.97 Å². The van der Waals surface area contributed by atoms with Gasteiger partial charge in [-0.25, -0.2) is 9.78 Å². The Labute approximate surface area is 199 Å². The second-order valence-corrected chi connectivity index (χ2v) is 8.53. The Hall–Kier alpha value is -3.39. The second kappa shape index (κ2) is 11.2. The van der Waals surface area contributed by atoms with Gasteiger partial charge >= 0.3 is 5.97 Å². The fourth-order valence-corrected chi connectivity index (χ4v) is 4.30. The number of benzene rings is 1. The van der Waals surface area contributed by atoms with E-state index >= 15 is 0 Å². The third-order valence-electron chi connectivity index (χ3n) is 6.09. The smallest absolute Gasteiger partial charge is 0.356 e. The van der Waals surface area contributed by atoms with Gasteiger partial charge in [0, 0.05) is 25.1 Å². The van der Waals surface area contributed by atoms with E-state index in [0.717, 1.165) is 31.5 Å². The molecule has 8 nitrogen and oxygen atoms in total. The van der Waals surface area contributed by atoms with Crippen molar-refractivity contribution in [3.8, 4) is 0 Å². The van der Waals surface area contributed by atoms with Crippen LogP contribution in [0.2, 0.25) is 0 Å². The number of ether oxygens (including phenoxy) is 2. The number of hydrogen-bond donors (Lipinski definition) is 2. The fourth-order valence-electron chi connectivity index (χ4n) is 4.30. The van der Waals surface area contributed by atoms with Crippen LogP contribution in [0.5, 0.6) is 0 Å². The van der Waals surface area contributed by atoms with E-state index in [2.05, 4.69) is 34.7 Å². The summed E-state index contributed by atoms with van der Waals surface area (Å²) in [6.45, 7) is 4.41. The lowest BCUT2D eigenvalue weighted by molar-refractivity contribution is -0.119. The molecule has 0 bridgehead atoms. The summed E-state index contributed by atoms with van der Waals surface area (Å²) < 4.78 is 12.4. The van der Waals surface area contributed by atoms with E-state index in [-0.39, 0.29) is 11.8 Å². The summed E-state index contributed by atoms with van der Waals surface area (Å²) in [7, 11) is 1.35. The van der Waals surface area contributed by atoms with Crippen molar-refractivity contribution in [1.29, 1.82) is 0 Å². The highest BCUT2D eigenvalue weighted by Crippen LogP contribution is 2.34. The number of amides is 1. The van der Waals surface area contributed by atoms with E-state index in [1.165, 1.54) is 12.7 Å². The van der Waals surface area contributed by atoms with Crippen molar-refractivity contribution in [3.05, 3.63) is 53.9 Å². The van der Waals surface area contributed by atoms with Crippen LogP contribution < -0.4 is 10.6 Å². The molecule has 1 saturated heterocycles. The zero-order valence-electron chi connectivity index (χ0n) is 19.8. The molecule has 3 aromatic rings. The van der Waals surface area contributed by atoms with Crippen molar-refractivity contribution in [2.45, 2.75) is 39.2 Å². The Balaban J connectivity index is 1.72. The van der Waals surface area contributed by atoms with Crippen molar-refractivity contribution in [1.82, 2.24) is 9.55 Å². The number of aromatic nitrogens is 2. The normalized spacial score (nSPS) is 15.4. The topological polar surface area (TPSA) is 94.5 Å². The number of anilines is 2. The second-order valence-electron chi connectivity index (χ2n) is 8.53. The molecule has 0 radical (unpaired) electrons. The third-order valence-corrected chi connectivity index (χ3v) is 6.09. The van der Waals surface area contributed by atoms with Crippen LogP contribution in [0.25, 0.3) is 11.0 Å². The van der Waals surface area contributed by atoms with Gasteiger partial charge in [-0.2, -0.15) is 0 Å². The first-order valence-electron chi connectivity index (χ1n) is 11.9. The van der Waals surface area contributed by atoms with Crippen LogP contribution in [0.3, 0.4) is 0 Å². The van der Waals surface area contributed by atoms with Gasteiger partial charge in [-0.15, -0.1) is 0 Å². The maximum Gasteiger partial charge on any atom is 0.356 e. The van der Waals surface area contributed by atoms with Gasteiger partial charge in [-0.1, -0.05) is 37.3 Å².